The van der Waals surface area contributed by atoms with E-state index in [1.165, 1.54) is 31.4 Å². The molecule has 12 aromatic heterocycles. The van der Waals surface area contributed by atoms with Crippen LogP contribution in [0.25, 0.3) is 54.8 Å². The van der Waals surface area contributed by atoms with Crippen molar-refractivity contribution < 1.29 is 47.1 Å². The second-order valence-corrected chi connectivity index (χ2v) is 34.6. The van der Waals surface area contributed by atoms with Crippen molar-refractivity contribution in [2.24, 2.45) is 10.8 Å². The van der Waals surface area contributed by atoms with Crippen LogP contribution in [0.3, 0.4) is 0 Å². The van der Waals surface area contributed by atoms with Crippen LogP contribution in [0.4, 0.5) is 21.8 Å². The summed E-state index contributed by atoms with van der Waals surface area (Å²) >= 11 is 6.16. The SMILES string of the molecule is COc1ccc(CN2C3CC2CN(c2ccc(-c4cc(OCC5(C#N)CCOCC5)cn5ncc(C#N)c45)cn2)C3)cn1.COc1ncc(CN2C3CC2CN(c2ccc(-c4cc(OCC5(C#N)CCOCC5)cn5ncc(C#N)c45)cn2)C3)cc1F.[C-]#[N+]C1(COc2cc(-c3ccc(N4CCC(C)(NC(=O)c5ncccc5Cl)CC4)nc3)c3c(C#N)cnn3c2)COC1. The number of nitrogens with one attached hydrogen (secondary N) is 1. The van der Waals surface area contributed by atoms with Gasteiger partial charge in [0.2, 0.25) is 11.8 Å². The number of ether oxygens (including phenoxy) is 8. The highest BCUT2D eigenvalue weighted by molar-refractivity contribution is 6.33. The van der Waals surface area contributed by atoms with Crippen LogP contribution >= 0.6 is 11.6 Å². The highest BCUT2D eigenvalue weighted by Gasteiger charge is 2.49. The number of halogens is 2. The van der Waals surface area contributed by atoms with Crippen LogP contribution in [0.2, 0.25) is 5.02 Å². The largest absolute Gasteiger partial charge is 0.490 e. The molecule has 10 fully saturated rings. The van der Waals surface area contributed by atoms with E-state index in [4.69, 9.17) is 71.0 Å². The minimum atomic E-state index is -0.668. The zero-order chi connectivity index (χ0) is 89.0. The second-order valence-electron chi connectivity index (χ2n) is 34.2. The number of nitrogens with zero attached hydrogens (tertiary/aromatic N) is 23. The summed E-state index contributed by atoms with van der Waals surface area (Å²) in [5.41, 5.74) is 8.28. The Bertz CT molecular complexity index is 6410. The van der Waals surface area contributed by atoms with Gasteiger partial charge in [0.15, 0.2) is 12.4 Å². The molecule has 22 heterocycles. The Morgan fingerprint density at radius 2 is 1.00 bits per heavy atom. The molecule has 10 saturated heterocycles. The number of methoxy groups -OCH3 is 2. The number of piperazine rings is 2. The molecule has 4 atom stereocenters. The van der Waals surface area contributed by atoms with Crippen LogP contribution in [0.1, 0.15) is 96.6 Å². The van der Waals surface area contributed by atoms with Crippen molar-refractivity contribution in [2.75, 3.05) is 128 Å². The van der Waals surface area contributed by atoms with Gasteiger partial charge in [0.05, 0.1) is 113 Å². The van der Waals surface area contributed by atoms with Crippen molar-refractivity contribution in [1.82, 2.24) is 73.9 Å². The van der Waals surface area contributed by atoms with E-state index in [0.29, 0.717) is 171 Å². The molecule has 10 aliphatic rings. The number of anilines is 3. The van der Waals surface area contributed by atoms with E-state index in [9.17, 15) is 35.5 Å². The number of rotatable bonds is 23. The van der Waals surface area contributed by atoms with E-state index in [0.717, 1.165) is 108 Å². The number of aromatic nitrogens is 12. The molecular formula is C94H90ClFN24O9. The highest BCUT2D eigenvalue weighted by atomic mass is 35.5. The number of hydrogen-bond donors (Lipinski definition) is 1. The number of amides is 1. The van der Waals surface area contributed by atoms with Gasteiger partial charge < -0.3 is 62.8 Å². The van der Waals surface area contributed by atoms with Gasteiger partial charge in [0.1, 0.15) is 85.0 Å². The molecule has 22 rings (SSSR count). The van der Waals surface area contributed by atoms with Gasteiger partial charge in [-0.05, 0) is 142 Å². The van der Waals surface area contributed by atoms with E-state index in [1.54, 1.807) is 82.4 Å². The molecule has 33 nitrogen and oxygen atoms in total. The predicted octanol–water partition coefficient (Wildman–Crippen LogP) is 12.0. The Hall–Kier alpha value is -14.2. The Labute approximate surface area is 747 Å². The summed E-state index contributed by atoms with van der Waals surface area (Å²) in [7, 11) is 3.04. The lowest BCUT2D eigenvalue weighted by Gasteiger charge is -2.56. The van der Waals surface area contributed by atoms with E-state index in [-0.39, 0.29) is 37.3 Å². The summed E-state index contributed by atoms with van der Waals surface area (Å²) < 4.78 is 63.7. The molecule has 12 aromatic rings. The smallest absolute Gasteiger partial charge is 0.311 e. The Morgan fingerprint density at radius 3 is 1.39 bits per heavy atom. The molecule has 0 saturated carbocycles. The number of nitriles is 5. The molecule has 0 radical (unpaired) electrons. The zero-order valence-corrected chi connectivity index (χ0v) is 72.0. The zero-order valence-electron chi connectivity index (χ0n) is 71.2. The third kappa shape index (κ3) is 17.8. The molecule has 1 N–H and O–H groups in total. The predicted molar refractivity (Wildman–Crippen MR) is 470 cm³/mol. The maximum absolute atomic E-state index is 14.2. The first kappa shape index (κ1) is 85.6. The average Bonchev–Trinajstić information content (AvgIpc) is 1.69. The van der Waals surface area contributed by atoms with Gasteiger partial charge in [-0.1, -0.05) is 17.7 Å². The quantitative estimate of drug-likeness (QED) is 0.0581. The van der Waals surface area contributed by atoms with Gasteiger partial charge in [0.25, 0.3) is 5.91 Å². The minimum absolute atomic E-state index is 0.0117. The third-order valence-electron chi connectivity index (χ3n) is 25.9. The topological polar surface area (TPSA) is 372 Å². The normalized spacial score (nSPS) is 19.7. The Balaban J connectivity index is 0.000000130. The summed E-state index contributed by atoms with van der Waals surface area (Å²) in [6, 6.07) is 39.8. The molecule has 10 aliphatic heterocycles. The van der Waals surface area contributed by atoms with Crippen LogP contribution in [-0.2, 0) is 27.3 Å². The van der Waals surface area contributed by atoms with E-state index in [2.05, 4.69) is 107 Å². The van der Waals surface area contributed by atoms with Gasteiger partial charge in [0, 0.05) is 185 Å². The van der Waals surface area contributed by atoms with Crippen molar-refractivity contribution in [3.63, 3.8) is 0 Å². The monoisotopic (exact) mass is 1750 g/mol. The molecule has 4 unspecified atom stereocenters. The molecule has 0 aromatic carbocycles. The number of carbonyl (C=O) groups excluding carboxylic acids is 1. The van der Waals surface area contributed by atoms with Crippen LogP contribution in [-0.4, -0.2) is 223 Å². The summed E-state index contributed by atoms with van der Waals surface area (Å²) in [6.07, 6.45) is 26.7. The van der Waals surface area contributed by atoms with Crippen LogP contribution in [0.5, 0.6) is 29.0 Å². The molecule has 0 aliphatic carbocycles. The minimum Gasteiger partial charge on any atom is -0.490 e. The van der Waals surface area contributed by atoms with Crippen molar-refractivity contribution >= 4 is 51.5 Å². The van der Waals surface area contributed by atoms with Gasteiger partial charge in [-0.3, -0.25) is 14.6 Å². The van der Waals surface area contributed by atoms with Gasteiger partial charge >= 0.3 is 5.54 Å². The molecule has 1 amide bonds. The van der Waals surface area contributed by atoms with Gasteiger partial charge in [-0.25, -0.2) is 54.4 Å². The summed E-state index contributed by atoms with van der Waals surface area (Å²) in [6.45, 7) is 19.6. The Kier molecular flexibility index (Phi) is 24.3. The number of carbonyl (C=O) groups is 1. The molecule has 0 spiro atoms. The second kappa shape index (κ2) is 36.6. The van der Waals surface area contributed by atoms with E-state index in [1.807, 2.05) is 80.1 Å². The molecule has 4 bridgehead atoms. The fraction of sp³-hybridized carbons (Fsp3) is 0.383. The van der Waals surface area contributed by atoms with Gasteiger partial charge in [-0.2, -0.15) is 41.6 Å². The number of piperidine rings is 3. The molecule has 129 heavy (non-hydrogen) atoms. The summed E-state index contributed by atoms with van der Waals surface area (Å²) in [5, 5.41) is 65.5. The first-order valence-corrected chi connectivity index (χ1v) is 43.1. The molecular weight excluding hydrogens is 1660 g/mol. The maximum Gasteiger partial charge on any atom is 0.311 e. The average molecular weight is 1750 g/mol. The number of fused-ring (bicyclic) bond motifs is 7. The standard InChI is InChI=1S/C32H31FN8O3.C32H32N8O3.C30H27ClN8O3/c1-42-31-28(33)8-21(12-37-31)15-40-24-9-25(40)17-39(16-24)29-3-2-22(13-36-29)27-10-26(18-41-30(27)23(11-34)14-38-41)44-20-32(19-35)4-6-43-7-5-32;1-41-30-5-2-22(13-36-30)16-39-25-10-26(39)18-38(17-25)29-4-3-23(14-35-29)28-11-27(19-40-31(28)24(12-33)15-37-40)43-21-32(20-34)6-8-42-9-7-32;1-29(37-28(40)26-24(31)4-3-9-34-26)7-10-38(11-8-29)25-6-5-20(14-35-25)23-12-22(42-19-30(33-2)17-41-18-30)16-39-27(23)21(13-32)15-36-39/h2-3,8,10,12-14,18,24-25H,4-7,9,15-17,20H2,1H3;2-5,11,13-15,19,25-26H,6-10,16-18,21H2,1H3;3-6,9,12,14-16H,7-8,10-11,17-19H2,1H3,(H,37,40). The summed E-state index contributed by atoms with van der Waals surface area (Å²) in [5.74, 6) is 4.25. The van der Waals surface area contributed by atoms with Crippen LogP contribution in [0, 0.1) is 79.9 Å². The van der Waals surface area contributed by atoms with Crippen molar-refractivity contribution in [1.29, 1.82) is 26.3 Å². The van der Waals surface area contributed by atoms with Gasteiger partial charge in [-0.15, -0.1) is 0 Å². The maximum atomic E-state index is 14.2. The first-order valence-electron chi connectivity index (χ1n) is 42.7. The van der Waals surface area contributed by atoms with Crippen molar-refractivity contribution in [3.8, 4) is 92.7 Å². The summed E-state index contributed by atoms with van der Waals surface area (Å²) in [4.78, 5) is 55.2. The highest BCUT2D eigenvalue weighted by Crippen LogP contribution is 2.43. The lowest BCUT2D eigenvalue weighted by atomic mass is 9.83. The molecule has 35 heteroatoms. The van der Waals surface area contributed by atoms with E-state index >= 15 is 0 Å². The Morgan fingerprint density at radius 1 is 0.543 bits per heavy atom. The molecule has 654 valence electrons. The third-order valence-corrected chi connectivity index (χ3v) is 26.2. The fourth-order valence-electron chi connectivity index (χ4n) is 18.2. The first-order chi connectivity index (χ1) is 62.9. The van der Waals surface area contributed by atoms with Crippen molar-refractivity contribution in [3.05, 3.63) is 215 Å². The van der Waals surface area contributed by atoms with Crippen molar-refractivity contribution in [2.45, 2.75) is 107 Å². The fourth-order valence-corrected chi connectivity index (χ4v) is 18.4. The number of pyridine rings is 9. The van der Waals surface area contributed by atoms with Crippen LogP contribution < -0.4 is 43.7 Å². The van der Waals surface area contributed by atoms with E-state index < -0.39 is 27.7 Å². The lowest BCUT2D eigenvalue weighted by Crippen LogP contribution is -2.68. The number of hydrogen-bond acceptors (Lipinski definition) is 28. The lowest BCUT2D eigenvalue weighted by molar-refractivity contribution is -0.0515. The van der Waals surface area contributed by atoms with Crippen LogP contribution in [0.15, 0.2) is 159 Å².